The molecule has 3 heterocycles. The maximum atomic E-state index is 13.1. The molecule has 2 saturated carbocycles. The summed E-state index contributed by atoms with van der Waals surface area (Å²) in [7, 11) is 0. The van der Waals surface area contributed by atoms with Crippen molar-refractivity contribution in [3.63, 3.8) is 0 Å². The number of aromatic nitrogens is 2. The van der Waals surface area contributed by atoms with E-state index in [4.69, 9.17) is 9.72 Å². The predicted molar refractivity (Wildman–Crippen MR) is 143 cm³/mol. The second-order valence-electron chi connectivity index (χ2n) is 10.6. The zero-order valence-corrected chi connectivity index (χ0v) is 21.8. The summed E-state index contributed by atoms with van der Waals surface area (Å²) in [6.45, 7) is 5.86. The van der Waals surface area contributed by atoms with Gasteiger partial charge in [0.25, 0.3) is 0 Å². The van der Waals surface area contributed by atoms with E-state index < -0.39 is 0 Å². The molecule has 0 N–H and O–H groups in total. The van der Waals surface area contributed by atoms with Gasteiger partial charge in [-0.25, -0.2) is 4.98 Å². The zero-order valence-electron chi connectivity index (χ0n) is 21.8. The van der Waals surface area contributed by atoms with Gasteiger partial charge in [-0.15, -0.1) is 0 Å². The number of rotatable bonds is 6. The highest BCUT2D eigenvalue weighted by molar-refractivity contribution is 5.97. The molecule has 0 bridgehead atoms. The molecule has 6 rings (SSSR count). The highest BCUT2D eigenvalue weighted by Gasteiger charge is 2.51. The number of benzene rings is 1. The van der Waals surface area contributed by atoms with Gasteiger partial charge in [0, 0.05) is 54.9 Å². The molecule has 8 nitrogen and oxygen atoms in total. The van der Waals surface area contributed by atoms with Crippen molar-refractivity contribution in [3.8, 4) is 17.2 Å². The Labute approximate surface area is 222 Å². The lowest BCUT2D eigenvalue weighted by molar-refractivity contribution is -0.147. The third-order valence-electron chi connectivity index (χ3n) is 7.99. The summed E-state index contributed by atoms with van der Waals surface area (Å²) in [5.41, 5.74) is 3.69. The summed E-state index contributed by atoms with van der Waals surface area (Å²) in [6.07, 6.45) is 6.43. The number of piperazine rings is 1. The van der Waals surface area contributed by atoms with Crippen molar-refractivity contribution in [3.05, 3.63) is 54.0 Å². The van der Waals surface area contributed by atoms with Crippen LogP contribution in [-0.4, -0.2) is 59.0 Å². The van der Waals surface area contributed by atoms with Gasteiger partial charge < -0.3 is 14.5 Å². The van der Waals surface area contributed by atoms with Gasteiger partial charge in [-0.3, -0.25) is 14.6 Å². The fraction of sp³-hybridized carbons (Fsp3) is 0.433. The van der Waals surface area contributed by atoms with E-state index in [0.717, 1.165) is 40.4 Å². The second-order valence-corrected chi connectivity index (χ2v) is 10.6. The van der Waals surface area contributed by atoms with Crippen molar-refractivity contribution in [2.24, 2.45) is 11.8 Å². The number of pyridine rings is 2. The van der Waals surface area contributed by atoms with Crippen LogP contribution in [0.15, 0.2) is 42.7 Å². The fourth-order valence-electron chi connectivity index (χ4n) is 5.75. The number of esters is 1. The Balaban J connectivity index is 1.27. The molecule has 1 aliphatic heterocycles. The van der Waals surface area contributed by atoms with Crippen molar-refractivity contribution in [1.29, 1.82) is 5.26 Å². The number of hydrogen-bond donors (Lipinski definition) is 0. The molecular weight excluding hydrogens is 478 g/mol. The molecule has 3 fully saturated rings. The molecule has 8 heteroatoms. The van der Waals surface area contributed by atoms with Gasteiger partial charge in [-0.1, -0.05) is 18.2 Å². The van der Waals surface area contributed by atoms with Gasteiger partial charge in [0.1, 0.15) is 11.9 Å². The van der Waals surface area contributed by atoms with Crippen LogP contribution in [0.5, 0.6) is 0 Å². The molecule has 2 aliphatic carbocycles. The molecule has 1 aromatic carbocycles. The Hall–Kier alpha value is -3.99. The number of nitrogens with zero attached hydrogens (tertiary/aromatic N) is 5. The molecule has 194 valence electrons. The Morgan fingerprint density at radius 2 is 2.00 bits per heavy atom. The SMILES string of the molecule is CCOC(=O)C1CC1C(=O)N1CCN(c2nc(C3CC3)c(-c3cccc4cnccc34)cc2C#N)CC1C. The quantitative estimate of drug-likeness (QED) is 0.457. The van der Waals surface area contributed by atoms with Gasteiger partial charge in [0.15, 0.2) is 0 Å². The number of amides is 1. The topological polar surface area (TPSA) is 99.4 Å². The molecule has 3 aromatic rings. The van der Waals surface area contributed by atoms with Gasteiger partial charge in [0.2, 0.25) is 5.91 Å². The van der Waals surface area contributed by atoms with Crippen LogP contribution < -0.4 is 4.90 Å². The lowest BCUT2D eigenvalue weighted by atomic mass is 9.95. The molecule has 38 heavy (non-hydrogen) atoms. The normalized spacial score (nSPS) is 22.7. The Morgan fingerprint density at radius 1 is 1.16 bits per heavy atom. The molecule has 0 spiro atoms. The largest absolute Gasteiger partial charge is 0.466 e. The number of anilines is 1. The van der Waals surface area contributed by atoms with Crippen LogP contribution >= 0.6 is 0 Å². The van der Waals surface area contributed by atoms with E-state index in [-0.39, 0.29) is 29.8 Å². The number of fused-ring (bicyclic) bond motifs is 1. The van der Waals surface area contributed by atoms with Crippen molar-refractivity contribution in [2.75, 3.05) is 31.1 Å². The first-order valence-electron chi connectivity index (χ1n) is 13.5. The van der Waals surface area contributed by atoms with Gasteiger partial charge in [-0.05, 0) is 56.2 Å². The van der Waals surface area contributed by atoms with Gasteiger partial charge in [0.05, 0.1) is 29.7 Å². The summed E-state index contributed by atoms with van der Waals surface area (Å²) in [5, 5.41) is 12.3. The number of hydrogen-bond acceptors (Lipinski definition) is 7. The van der Waals surface area contributed by atoms with E-state index in [2.05, 4.69) is 22.0 Å². The molecule has 3 atom stereocenters. The molecular formula is C30H31N5O3. The van der Waals surface area contributed by atoms with E-state index in [9.17, 15) is 14.9 Å². The number of nitriles is 1. The van der Waals surface area contributed by atoms with Crippen LogP contribution in [0.25, 0.3) is 21.9 Å². The summed E-state index contributed by atoms with van der Waals surface area (Å²) in [5.74, 6) is 0.280. The van der Waals surface area contributed by atoms with Crippen LogP contribution in [0.1, 0.15) is 50.3 Å². The number of ether oxygens (including phenoxy) is 1. The predicted octanol–water partition coefficient (Wildman–Crippen LogP) is 4.28. The minimum Gasteiger partial charge on any atom is -0.466 e. The van der Waals surface area contributed by atoms with E-state index >= 15 is 0 Å². The van der Waals surface area contributed by atoms with Crippen LogP contribution in [0, 0.1) is 23.2 Å². The minimum atomic E-state index is -0.307. The van der Waals surface area contributed by atoms with Gasteiger partial charge >= 0.3 is 5.97 Å². The number of carbonyl (C=O) groups is 2. The van der Waals surface area contributed by atoms with Gasteiger partial charge in [-0.2, -0.15) is 5.26 Å². The number of carbonyl (C=O) groups excluding carboxylic acids is 2. The van der Waals surface area contributed by atoms with E-state index in [0.29, 0.717) is 50.0 Å². The van der Waals surface area contributed by atoms with Crippen molar-refractivity contribution >= 4 is 28.5 Å². The minimum absolute atomic E-state index is 0.0307. The lowest BCUT2D eigenvalue weighted by Gasteiger charge is -2.41. The molecule has 0 radical (unpaired) electrons. The van der Waals surface area contributed by atoms with E-state index in [1.165, 1.54) is 0 Å². The molecule has 3 unspecified atom stereocenters. The third-order valence-corrected chi connectivity index (χ3v) is 7.99. The van der Waals surface area contributed by atoms with E-state index in [1.807, 2.05) is 42.3 Å². The van der Waals surface area contributed by atoms with Crippen LogP contribution in [0.4, 0.5) is 5.82 Å². The van der Waals surface area contributed by atoms with Crippen molar-refractivity contribution < 1.29 is 14.3 Å². The highest BCUT2D eigenvalue weighted by Crippen LogP contribution is 2.46. The van der Waals surface area contributed by atoms with E-state index in [1.54, 1.807) is 13.1 Å². The summed E-state index contributed by atoms with van der Waals surface area (Å²) >= 11 is 0. The van der Waals surface area contributed by atoms with Crippen LogP contribution in [0.3, 0.4) is 0 Å². The standard InChI is InChI=1S/C30H31N5O3/c1-3-38-30(37)26-14-25(26)29(36)35-12-11-34(17-18(35)2)28-21(15-31)13-24(27(33-28)19-7-8-19)23-6-4-5-20-16-32-10-9-22(20)23/h4-6,9-10,13,16,18-19,25-26H,3,7-8,11-12,14,17H2,1-2H3. The van der Waals surface area contributed by atoms with Crippen molar-refractivity contribution in [2.45, 2.75) is 45.1 Å². The van der Waals surface area contributed by atoms with Crippen LogP contribution in [-0.2, 0) is 14.3 Å². The molecule has 2 aromatic heterocycles. The summed E-state index contributed by atoms with van der Waals surface area (Å²) in [6, 6.07) is 12.5. The maximum Gasteiger partial charge on any atom is 0.309 e. The highest BCUT2D eigenvalue weighted by atomic mass is 16.5. The third kappa shape index (κ3) is 4.36. The first kappa shape index (κ1) is 24.4. The van der Waals surface area contributed by atoms with Crippen LogP contribution in [0.2, 0.25) is 0 Å². The monoisotopic (exact) mass is 509 g/mol. The molecule has 1 amide bonds. The second kappa shape index (κ2) is 9.71. The maximum absolute atomic E-state index is 13.1. The smallest absolute Gasteiger partial charge is 0.309 e. The lowest BCUT2D eigenvalue weighted by Crippen LogP contribution is -2.55. The average molecular weight is 510 g/mol. The zero-order chi connectivity index (χ0) is 26.4. The van der Waals surface area contributed by atoms with Crippen molar-refractivity contribution in [1.82, 2.24) is 14.9 Å². The summed E-state index contributed by atoms with van der Waals surface area (Å²) < 4.78 is 5.10. The Morgan fingerprint density at radius 3 is 2.74 bits per heavy atom. The Kier molecular flexibility index (Phi) is 6.22. The summed E-state index contributed by atoms with van der Waals surface area (Å²) in [4.78, 5) is 38.6. The molecule has 3 aliphatic rings. The Bertz CT molecular complexity index is 1450. The fourth-order valence-corrected chi connectivity index (χ4v) is 5.75. The first-order chi connectivity index (χ1) is 18.5. The molecule has 1 saturated heterocycles. The first-order valence-corrected chi connectivity index (χ1v) is 13.5. The average Bonchev–Trinajstić information content (AvgIpc) is 3.86.